The predicted molar refractivity (Wildman–Crippen MR) is 105 cm³/mol. The van der Waals surface area contributed by atoms with Crippen LogP contribution in [-0.2, 0) is 22.9 Å². The van der Waals surface area contributed by atoms with E-state index in [1.165, 1.54) is 5.56 Å². The molecule has 0 bridgehead atoms. The highest BCUT2D eigenvalue weighted by molar-refractivity contribution is 7.89. The molecule has 0 saturated carbocycles. The molecule has 0 aromatic heterocycles. The highest BCUT2D eigenvalue weighted by Gasteiger charge is 2.24. The van der Waals surface area contributed by atoms with Crippen LogP contribution in [0, 0.1) is 27.7 Å². The Kier molecular flexibility index (Phi) is 5.13. The van der Waals surface area contributed by atoms with Crippen LogP contribution in [0.15, 0.2) is 29.2 Å². The fourth-order valence-corrected chi connectivity index (χ4v) is 5.53. The summed E-state index contributed by atoms with van der Waals surface area (Å²) in [5.41, 5.74) is 5.97. The third kappa shape index (κ3) is 3.64. The molecule has 2 aromatic rings. The van der Waals surface area contributed by atoms with Gasteiger partial charge in [0, 0.05) is 12.5 Å². The van der Waals surface area contributed by atoms with Crippen LogP contribution in [0.2, 0.25) is 0 Å². The summed E-state index contributed by atoms with van der Waals surface area (Å²) < 4.78 is 34.5. The summed E-state index contributed by atoms with van der Waals surface area (Å²) in [6.45, 7) is 10.3. The van der Waals surface area contributed by atoms with Gasteiger partial charge >= 0.3 is 0 Å². The maximum Gasteiger partial charge on any atom is 0.241 e. The Morgan fingerprint density at radius 1 is 1.08 bits per heavy atom. The normalized spacial score (nSPS) is 14.8. The zero-order valence-corrected chi connectivity index (χ0v) is 17.0. The van der Waals surface area contributed by atoms with E-state index in [-0.39, 0.29) is 6.04 Å². The molecular weight excluding hydrogens is 346 g/mol. The van der Waals surface area contributed by atoms with Crippen molar-refractivity contribution in [2.24, 2.45) is 0 Å². The Morgan fingerprint density at radius 2 is 1.73 bits per heavy atom. The number of sulfonamides is 1. The molecule has 0 fully saturated rings. The number of benzene rings is 2. The molecule has 2 aromatic carbocycles. The number of hydrogen-bond donors (Lipinski definition) is 1. The summed E-state index contributed by atoms with van der Waals surface area (Å²) in [6, 6.07) is 7.97. The molecule has 1 N–H and O–H groups in total. The van der Waals surface area contributed by atoms with Gasteiger partial charge in [-0.1, -0.05) is 18.2 Å². The minimum Gasteiger partial charge on any atom is -0.493 e. The lowest BCUT2D eigenvalue weighted by molar-refractivity contribution is 0.357. The van der Waals surface area contributed by atoms with E-state index in [0.717, 1.165) is 46.6 Å². The van der Waals surface area contributed by atoms with Crippen LogP contribution in [0.25, 0.3) is 0 Å². The summed E-state index contributed by atoms with van der Waals surface area (Å²) in [6.07, 6.45) is 1.57. The third-order valence-corrected chi connectivity index (χ3v) is 7.08. The summed E-state index contributed by atoms with van der Waals surface area (Å²) in [7, 11) is -3.57. The summed E-state index contributed by atoms with van der Waals surface area (Å²) in [5, 5.41) is 0. The van der Waals surface area contributed by atoms with Crippen molar-refractivity contribution in [3.63, 3.8) is 0 Å². The molecular formula is C21H27NO3S. The number of hydrogen-bond acceptors (Lipinski definition) is 3. The van der Waals surface area contributed by atoms with Crippen molar-refractivity contribution in [1.82, 2.24) is 4.72 Å². The highest BCUT2D eigenvalue weighted by atomic mass is 32.2. The maximum atomic E-state index is 13.0. The van der Waals surface area contributed by atoms with Crippen LogP contribution < -0.4 is 9.46 Å². The molecule has 1 unspecified atom stereocenters. The monoisotopic (exact) mass is 373 g/mol. The van der Waals surface area contributed by atoms with E-state index in [1.807, 2.05) is 52.8 Å². The molecule has 4 nitrogen and oxygen atoms in total. The van der Waals surface area contributed by atoms with E-state index < -0.39 is 10.0 Å². The minimum absolute atomic E-state index is 0.194. The van der Waals surface area contributed by atoms with E-state index in [0.29, 0.717) is 11.3 Å². The van der Waals surface area contributed by atoms with Gasteiger partial charge in [0.25, 0.3) is 0 Å². The van der Waals surface area contributed by atoms with Crippen molar-refractivity contribution in [1.29, 1.82) is 0 Å². The molecule has 0 amide bonds. The van der Waals surface area contributed by atoms with Crippen molar-refractivity contribution in [3.05, 3.63) is 57.6 Å². The molecule has 0 radical (unpaired) electrons. The molecule has 3 rings (SSSR count). The third-order valence-electron chi connectivity index (χ3n) is 5.22. The second-order valence-corrected chi connectivity index (χ2v) is 9.01. The van der Waals surface area contributed by atoms with Gasteiger partial charge in [0.15, 0.2) is 0 Å². The highest BCUT2D eigenvalue weighted by Crippen LogP contribution is 2.28. The van der Waals surface area contributed by atoms with E-state index in [1.54, 1.807) is 0 Å². The van der Waals surface area contributed by atoms with Gasteiger partial charge in [0.2, 0.25) is 10.0 Å². The van der Waals surface area contributed by atoms with Gasteiger partial charge in [0.05, 0.1) is 11.5 Å². The van der Waals surface area contributed by atoms with Gasteiger partial charge < -0.3 is 4.74 Å². The van der Waals surface area contributed by atoms with E-state index in [9.17, 15) is 8.42 Å². The standard InChI is InChI=1S/C21H27NO3S/c1-13-10-14(2)17(5)21(16(13)4)26(23,24)22-15(3)11-18-6-7-20-19(12-18)8-9-25-20/h6-7,10,12,15,22H,8-9,11H2,1-5H3. The van der Waals surface area contributed by atoms with Crippen LogP contribution >= 0.6 is 0 Å². The molecule has 0 aliphatic carbocycles. The van der Waals surface area contributed by atoms with Gasteiger partial charge in [0.1, 0.15) is 5.75 Å². The zero-order valence-electron chi connectivity index (χ0n) is 16.1. The molecule has 0 saturated heterocycles. The average molecular weight is 374 g/mol. The number of rotatable bonds is 5. The second-order valence-electron chi connectivity index (χ2n) is 7.36. The van der Waals surface area contributed by atoms with E-state index >= 15 is 0 Å². The van der Waals surface area contributed by atoms with Crippen LogP contribution in [0.5, 0.6) is 5.75 Å². The molecule has 26 heavy (non-hydrogen) atoms. The smallest absolute Gasteiger partial charge is 0.241 e. The Labute approximate surface area is 156 Å². The number of fused-ring (bicyclic) bond motifs is 1. The Bertz CT molecular complexity index is 922. The fourth-order valence-electron chi connectivity index (χ4n) is 3.67. The summed E-state index contributed by atoms with van der Waals surface area (Å²) >= 11 is 0. The van der Waals surface area contributed by atoms with E-state index in [4.69, 9.17) is 4.74 Å². The van der Waals surface area contributed by atoms with Crippen LogP contribution in [-0.4, -0.2) is 21.1 Å². The summed E-state index contributed by atoms with van der Waals surface area (Å²) in [5.74, 6) is 0.948. The van der Waals surface area contributed by atoms with Crippen LogP contribution in [0.4, 0.5) is 0 Å². The van der Waals surface area contributed by atoms with Crippen molar-refractivity contribution >= 4 is 10.0 Å². The molecule has 1 heterocycles. The predicted octanol–water partition coefficient (Wildman–Crippen LogP) is 3.76. The van der Waals surface area contributed by atoms with Gasteiger partial charge in [-0.05, 0) is 80.5 Å². The first-order valence-corrected chi connectivity index (χ1v) is 10.5. The fraction of sp³-hybridized carbons (Fsp3) is 0.429. The number of nitrogens with one attached hydrogen (secondary N) is 1. The lowest BCUT2D eigenvalue weighted by atomic mass is 10.0. The second kappa shape index (κ2) is 7.05. The first-order chi connectivity index (χ1) is 12.2. The summed E-state index contributed by atoms with van der Waals surface area (Å²) in [4.78, 5) is 0.421. The Morgan fingerprint density at radius 3 is 2.38 bits per heavy atom. The quantitative estimate of drug-likeness (QED) is 0.868. The van der Waals surface area contributed by atoms with E-state index in [2.05, 4.69) is 10.8 Å². The minimum atomic E-state index is -3.57. The van der Waals surface area contributed by atoms with Gasteiger partial charge in [-0.3, -0.25) is 0 Å². The largest absolute Gasteiger partial charge is 0.493 e. The van der Waals surface area contributed by atoms with Gasteiger partial charge in [-0.2, -0.15) is 0 Å². The molecule has 0 spiro atoms. The Hall–Kier alpha value is -1.85. The first-order valence-electron chi connectivity index (χ1n) is 9.03. The number of ether oxygens (including phenoxy) is 1. The zero-order chi connectivity index (χ0) is 19.1. The molecule has 1 aliphatic heterocycles. The molecule has 5 heteroatoms. The van der Waals surface area contributed by atoms with Gasteiger partial charge in [-0.25, -0.2) is 13.1 Å². The Balaban J connectivity index is 1.82. The van der Waals surface area contributed by atoms with Gasteiger partial charge in [-0.15, -0.1) is 0 Å². The SMILES string of the molecule is Cc1cc(C)c(C)c(S(=O)(=O)NC(C)Cc2ccc3c(c2)CCO3)c1C. The lowest BCUT2D eigenvalue weighted by Crippen LogP contribution is -2.35. The topological polar surface area (TPSA) is 55.4 Å². The van der Waals surface area contributed by atoms with Crippen LogP contribution in [0.1, 0.15) is 40.3 Å². The molecule has 140 valence electrons. The maximum absolute atomic E-state index is 13.0. The van der Waals surface area contributed by atoms with Crippen molar-refractivity contribution in [3.8, 4) is 5.75 Å². The number of aryl methyl sites for hydroxylation is 2. The van der Waals surface area contributed by atoms with Crippen molar-refractivity contribution < 1.29 is 13.2 Å². The average Bonchev–Trinajstić information content (AvgIpc) is 3.00. The lowest BCUT2D eigenvalue weighted by Gasteiger charge is -2.19. The van der Waals surface area contributed by atoms with Crippen molar-refractivity contribution in [2.75, 3.05) is 6.61 Å². The first kappa shape index (κ1) is 18.9. The molecule has 1 atom stereocenters. The van der Waals surface area contributed by atoms with Crippen molar-refractivity contribution in [2.45, 2.75) is 58.4 Å². The van der Waals surface area contributed by atoms with Crippen LogP contribution in [0.3, 0.4) is 0 Å². The molecule has 1 aliphatic rings.